The molecule has 4 nitrogen and oxygen atoms in total. The van der Waals surface area contributed by atoms with Gasteiger partial charge in [-0.1, -0.05) is 30.3 Å². The molecule has 0 saturated heterocycles. The highest BCUT2D eigenvalue weighted by Crippen LogP contribution is 2.23. The summed E-state index contributed by atoms with van der Waals surface area (Å²) in [4.78, 5) is 16.2. The molecule has 3 aromatic rings. The molecule has 21 heavy (non-hydrogen) atoms. The molecule has 0 atom stereocenters. The van der Waals surface area contributed by atoms with Gasteiger partial charge in [0.05, 0.1) is 5.69 Å². The van der Waals surface area contributed by atoms with Crippen LogP contribution in [0.5, 0.6) is 0 Å². The Hall–Kier alpha value is -1.92. The summed E-state index contributed by atoms with van der Waals surface area (Å²) in [6.07, 6.45) is 0. The Morgan fingerprint density at radius 2 is 2.05 bits per heavy atom. The molecule has 1 aromatic carbocycles. The molecule has 0 unspecified atom stereocenters. The second kappa shape index (κ2) is 6.24. The first-order chi connectivity index (χ1) is 10.2. The molecule has 6 heteroatoms. The van der Waals surface area contributed by atoms with Crippen LogP contribution in [-0.4, -0.2) is 11.0 Å². The number of ether oxygens (including phenoxy) is 1. The van der Waals surface area contributed by atoms with Gasteiger partial charge in [-0.3, -0.25) is 0 Å². The number of thiazole rings is 1. The van der Waals surface area contributed by atoms with E-state index in [1.54, 1.807) is 12.1 Å². The molecule has 0 aliphatic heterocycles. The van der Waals surface area contributed by atoms with E-state index in [1.807, 2.05) is 35.7 Å². The van der Waals surface area contributed by atoms with Crippen LogP contribution in [-0.2, 0) is 11.3 Å². The Bertz CT molecular complexity index is 751. The van der Waals surface area contributed by atoms with Crippen molar-refractivity contribution in [2.45, 2.75) is 6.61 Å². The first-order valence-electron chi connectivity index (χ1n) is 6.14. The Labute approximate surface area is 133 Å². The maximum atomic E-state index is 11.7. The third-order valence-corrected chi connectivity index (χ3v) is 4.06. The van der Waals surface area contributed by atoms with E-state index in [-0.39, 0.29) is 12.4 Å². The maximum absolute atomic E-state index is 11.7. The van der Waals surface area contributed by atoms with Crippen molar-refractivity contribution < 1.29 is 13.9 Å². The monoisotopic (exact) mass is 363 g/mol. The summed E-state index contributed by atoms with van der Waals surface area (Å²) in [5.41, 5.74) is 1.77. The van der Waals surface area contributed by atoms with Crippen molar-refractivity contribution in [1.82, 2.24) is 4.98 Å². The van der Waals surface area contributed by atoms with Gasteiger partial charge in [0.1, 0.15) is 11.6 Å². The lowest BCUT2D eigenvalue weighted by atomic mass is 10.2. The highest BCUT2D eigenvalue weighted by Gasteiger charge is 2.13. The average Bonchev–Trinajstić information content (AvgIpc) is 3.15. The van der Waals surface area contributed by atoms with Crippen molar-refractivity contribution in [2.75, 3.05) is 0 Å². The zero-order valence-corrected chi connectivity index (χ0v) is 13.2. The van der Waals surface area contributed by atoms with Crippen LogP contribution >= 0.6 is 27.3 Å². The average molecular weight is 364 g/mol. The van der Waals surface area contributed by atoms with E-state index in [9.17, 15) is 4.79 Å². The van der Waals surface area contributed by atoms with E-state index in [2.05, 4.69) is 20.9 Å². The zero-order chi connectivity index (χ0) is 14.7. The van der Waals surface area contributed by atoms with E-state index in [1.165, 1.54) is 11.3 Å². The maximum Gasteiger partial charge on any atom is 0.374 e. The summed E-state index contributed by atoms with van der Waals surface area (Å²) in [6.45, 7) is 0.125. The van der Waals surface area contributed by atoms with E-state index in [0.29, 0.717) is 4.67 Å². The SMILES string of the molecule is O=C(OCc1csc(-c2ccccc2)n1)c1ccc(Br)o1. The second-order valence-electron chi connectivity index (χ2n) is 4.19. The van der Waals surface area contributed by atoms with E-state index >= 15 is 0 Å². The summed E-state index contributed by atoms with van der Waals surface area (Å²) in [6, 6.07) is 13.1. The predicted octanol–water partition coefficient (Wildman–Crippen LogP) is 4.52. The van der Waals surface area contributed by atoms with E-state index < -0.39 is 5.97 Å². The highest BCUT2D eigenvalue weighted by atomic mass is 79.9. The summed E-state index contributed by atoms with van der Waals surface area (Å²) < 4.78 is 10.8. The number of halogens is 1. The summed E-state index contributed by atoms with van der Waals surface area (Å²) >= 11 is 4.66. The quantitative estimate of drug-likeness (QED) is 0.639. The third-order valence-electron chi connectivity index (χ3n) is 2.70. The number of hydrogen-bond acceptors (Lipinski definition) is 5. The van der Waals surface area contributed by atoms with Gasteiger partial charge in [0, 0.05) is 10.9 Å². The van der Waals surface area contributed by atoms with Crippen LogP contribution in [0.15, 0.2) is 56.9 Å². The lowest BCUT2D eigenvalue weighted by Gasteiger charge is -1.99. The van der Waals surface area contributed by atoms with Crippen LogP contribution in [0.25, 0.3) is 10.6 Å². The molecule has 106 valence electrons. The molecule has 0 aliphatic carbocycles. The highest BCUT2D eigenvalue weighted by molar-refractivity contribution is 9.10. The van der Waals surface area contributed by atoms with Crippen LogP contribution in [0, 0.1) is 0 Å². The number of hydrogen-bond donors (Lipinski definition) is 0. The Balaban J connectivity index is 1.64. The number of furan rings is 1. The zero-order valence-electron chi connectivity index (χ0n) is 10.8. The van der Waals surface area contributed by atoms with Crippen molar-refractivity contribution in [1.29, 1.82) is 0 Å². The number of rotatable bonds is 4. The minimum atomic E-state index is -0.505. The topological polar surface area (TPSA) is 52.3 Å². The Morgan fingerprint density at radius 1 is 1.24 bits per heavy atom. The lowest BCUT2D eigenvalue weighted by Crippen LogP contribution is -2.04. The molecule has 0 amide bonds. The van der Waals surface area contributed by atoms with E-state index in [0.717, 1.165) is 16.3 Å². The van der Waals surface area contributed by atoms with Crippen molar-refractivity contribution in [3.8, 4) is 10.6 Å². The van der Waals surface area contributed by atoms with Crippen molar-refractivity contribution in [3.63, 3.8) is 0 Å². The van der Waals surface area contributed by atoms with Crippen LogP contribution < -0.4 is 0 Å². The summed E-state index contributed by atoms with van der Waals surface area (Å²) in [5.74, 6) is -0.338. The molecule has 0 spiro atoms. The molecule has 0 N–H and O–H groups in total. The summed E-state index contributed by atoms with van der Waals surface area (Å²) in [7, 11) is 0. The fourth-order valence-electron chi connectivity index (χ4n) is 1.72. The van der Waals surface area contributed by atoms with Gasteiger partial charge in [-0.05, 0) is 28.1 Å². The van der Waals surface area contributed by atoms with Crippen LogP contribution in [0.4, 0.5) is 0 Å². The molecular weight excluding hydrogens is 354 g/mol. The van der Waals surface area contributed by atoms with Gasteiger partial charge in [-0.15, -0.1) is 11.3 Å². The van der Waals surface area contributed by atoms with Gasteiger partial charge in [0.25, 0.3) is 0 Å². The standard InChI is InChI=1S/C15H10BrNO3S/c16-13-7-6-12(20-13)15(18)19-8-11-9-21-14(17-11)10-4-2-1-3-5-10/h1-7,9H,8H2. The first-order valence-corrected chi connectivity index (χ1v) is 7.82. The van der Waals surface area contributed by atoms with Crippen LogP contribution in [0.1, 0.15) is 16.2 Å². The number of carbonyl (C=O) groups is 1. The minimum absolute atomic E-state index is 0.125. The first kappa shape index (κ1) is 14.0. The molecule has 0 aliphatic rings. The minimum Gasteiger partial charge on any atom is -0.453 e. The van der Waals surface area contributed by atoms with Gasteiger partial charge < -0.3 is 9.15 Å². The van der Waals surface area contributed by atoms with Crippen molar-refractivity contribution in [3.05, 3.63) is 64.0 Å². The largest absolute Gasteiger partial charge is 0.453 e. The number of esters is 1. The fraction of sp³-hybridized carbons (Fsp3) is 0.0667. The Kier molecular flexibility index (Phi) is 4.17. The fourth-order valence-corrected chi connectivity index (χ4v) is 2.84. The van der Waals surface area contributed by atoms with Crippen molar-refractivity contribution >= 4 is 33.2 Å². The molecule has 3 rings (SSSR count). The Morgan fingerprint density at radius 3 is 2.76 bits per heavy atom. The molecule has 2 aromatic heterocycles. The van der Waals surface area contributed by atoms with Gasteiger partial charge >= 0.3 is 5.97 Å². The van der Waals surface area contributed by atoms with Crippen LogP contribution in [0.2, 0.25) is 0 Å². The molecule has 2 heterocycles. The van der Waals surface area contributed by atoms with Gasteiger partial charge in [-0.2, -0.15) is 0 Å². The van der Waals surface area contributed by atoms with Gasteiger partial charge in [0.2, 0.25) is 5.76 Å². The van der Waals surface area contributed by atoms with Crippen molar-refractivity contribution in [2.24, 2.45) is 0 Å². The summed E-state index contributed by atoms with van der Waals surface area (Å²) in [5, 5.41) is 2.79. The third kappa shape index (κ3) is 3.40. The smallest absolute Gasteiger partial charge is 0.374 e. The molecule has 0 saturated carbocycles. The lowest BCUT2D eigenvalue weighted by molar-refractivity contribution is 0.0430. The van der Waals surface area contributed by atoms with Gasteiger partial charge in [0.15, 0.2) is 4.67 Å². The number of nitrogens with zero attached hydrogens (tertiary/aromatic N) is 1. The number of benzene rings is 1. The molecule has 0 fully saturated rings. The van der Waals surface area contributed by atoms with Crippen LogP contribution in [0.3, 0.4) is 0 Å². The number of aromatic nitrogens is 1. The van der Waals surface area contributed by atoms with E-state index in [4.69, 9.17) is 9.15 Å². The number of carbonyl (C=O) groups excluding carboxylic acids is 1. The molecular formula is C15H10BrNO3S. The normalized spacial score (nSPS) is 10.5. The second-order valence-corrected chi connectivity index (χ2v) is 5.83. The predicted molar refractivity (Wildman–Crippen MR) is 83.1 cm³/mol. The molecule has 0 bridgehead atoms. The molecule has 0 radical (unpaired) electrons. The van der Waals surface area contributed by atoms with Gasteiger partial charge in [-0.25, -0.2) is 9.78 Å².